The molecule has 17 heavy (non-hydrogen) atoms. The molecule has 0 saturated heterocycles. The zero-order chi connectivity index (χ0) is 12.9. The van der Waals surface area contributed by atoms with E-state index in [1.807, 2.05) is 14.0 Å². The van der Waals surface area contributed by atoms with Crippen molar-refractivity contribution in [1.29, 1.82) is 0 Å². The smallest absolute Gasteiger partial charge is 0.313 e. The summed E-state index contributed by atoms with van der Waals surface area (Å²) in [5.41, 5.74) is 1.02. The molecule has 0 aromatic carbocycles. The summed E-state index contributed by atoms with van der Waals surface area (Å²) < 4.78 is 37.5. The third kappa shape index (κ3) is 4.77. The molecule has 98 valence electrons. The zero-order valence-electron chi connectivity index (χ0n) is 10.1. The summed E-state index contributed by atoms with van der Waals surface area (Å²) >= 11 is 0. The quantitative estimate of drug-likeness (QED) is 0.840. The predicted molar refractivity (Wildman–Crippen MR) is 59.6 cm³/mol. The Morgan fingerprint density at radius 1 is 1.47 bits per heavy atom. The number of nitrogens with one attached hydrogen (secondary N) is 1. The molecule has 1 N–H and O–H groups in total. The molecule has 1 heterocycles. The normalized spacial score (nSPS) is 13.9. The van der Waals surface area contributed by atoms with Gasteiger partial charge in [-0.15, -0.1) is 0 Å². The van der Waals surface area contributed by atoms with Crippen LogP contribution < -0.4 is 5.32 Å². The van der Waals surface area contributed by atoms with E-state index >= 15 is 0 Å². The molecule has 0 saturated carbocycles. The van der Waals surface area contributed by atoms with Crippen molar-refractivity contribution in [3.8, 4) is 0 Å². The first-order chi connectivity index (χ1) is 7.96. The summed E-state index contributed by atoms with van der Waals surface area (Å²) in [6.45, 7) is 2.35. The van der Waals surface area contributed by atoms with Crippen molar-refractivity contribution in [2.24, 2.45) is 0 Å². The fraction of sp³-hybridized carbons (Fsp3) is 0.727. The average Bonchev–Trinajstić information content (AvgIpc) is 2.67. The Kier molecular flexibility index (Phi) is 4.99. The van der Waals surface area contributed by atoms with E-state index in [0.717, 1.165) is 12.0 Å². The van der Waals surface area contributed by atoms with Crippen LogP contribution in [-0.2, 0) is 6.54 Å². The van der Waals surface area contributed by atoms with E-state index in [2.05, 4.69) is 10.4 Å². The van der Waals surface area contributed by atoms with Gasteiger partial charge >= 0.3 is 6.18 Å². The van der Waals surface area contributed by atoms with E-state index in [1.54, 1.807) is 17.1 Å². The lowest BCUT2D eigenvalue weighted by Crippen LogP contribution is -2.14. The van der Waals surface area contributed by atoms with Crippen LogP contribution in [-0.4, -0.2) is 23.0 Å². The zero-order valence-corrected chi connectivity index (χ0v) is 10.1. The highest BCUT2D eigenvalue weighted by molar-refractivity contribution is 5.09. The van der Waals surface area contributed by atoms with Gasteiger partial charge in [0.1, 0.15) is 0 Å². The molecule has 0 amide bonds. The van der Waals surface area contributed by atoms with Gasteiger partial charge in [-0.05, 0) is 19.9 Å². The van der Waals surface area contributed by atoms with Gasteiger partial charge in [0.25, 0.3) is 0 Å². The molecule has 1 aromatic heterocycles. The molecule has 0 aliphatic rings. The van der Waals surface area contributed by atoms with Crippen molar-refractivity contribution in [3.05, 3.63) is 18.0 Å². The van der Waals surface area contributed by atoms with Gasteiger partial charge in [-0.2, -0.15) is 18.3 Å². The standard InChI is InChI=1S/C11H18F3N3/c1-3-10(15-2)9-7-16-17(8-9)6-4-5-11(12,13)14/h7-8,10,15H,3-6H2,1-2H3. The Labute approximate surface area is 99.0 Å². The van der Waals surface area contributed by atoms with E-state index in [-0.39, 0.29) is 12.5 Å². The molecule has 0 aliphatic heterocycles. The summed E-state index contributed by atoms with van der Waals surface area (Å²) in [6, 6.07) is 0.214. The highest BCUT2D eigenvalue weighted by atomic mass is 19.4. The number of aromatic nitrogens is 2. The maximum Gasteiger partial charge on any atom is 0.389 e. The first-order valence-electron chi connectivity index (χ1n) is 5.72. The highest BCUT2D eigenvalue weighted by Crippen LogP contribution is 2.22. The van der Waals surface area contributed by atoms with Crippen molar-refractivity contribution >= 4 is 0 Å². The second-order valence-electron chi connectivity index (χ2n) is 4.00. The third-order valence-electron chi connectivity index (χ3n) is 2.66. The van der Waals surface area contributed by atoms with Gasteiger partial charge in [0.2, 0.25) is 0 Å². The van der Waals surface area contributed by atoms with Gasteiger partial charge in [0.15, 0.2) is 0 Å². The van der Waals surface area contributed by atoms with Crippen LogP contribution in [0, 0.1) is 0 Å². The van der Waals surface area contributed by atoms with Crippen molar-refractivity contribution in [2.45, 2.75) is 44.9 Å². The number of rotatable bonds is 6. The van der Waals surface area contributed by atoms with Crippen LogP contribution in [0.25, 0.3) is 0 Å². The van der Waals surface area contributed by atoms with Gasteiger partial charge in [-0.1, -0.05) is 6.92 Å². The molecule has 0 aliphatic carbocycles. The predicted octanol–water partition coefficient (Wildman–Crippen LogP) is 2.90. The second-order valence-corrected chi connectivity index (χ2v) is 4.00. The topological polar surface area (TPSA) is 29.9 Å². The monoisotopic (exact) mass is 249 g/mol. The van der Waals surface area contributed by atoms with E-state index in [4.69, 9.17) is 0 Å². The maximum atomic E-state index is 12.0. The Morgan fingerprint density at radius 3 is 2.71 bits per heavy atom. The minimum atomic E-state index is -4.08. The summed E-state index contributed by atoms with van der Waals surface area (Å²) in [5, 5.41) is 7.19. The summed E-state index contributed by atoms with van der Waals surface area (Å²) in [4.78, 5) is 0. The van der Waals surface area contributed by atoms with Crippen LogP contribution in [0.15, 0.2) is 12.4 Å². The van der Waals surface area contributed by atoms with Crippen molar-refractivity contribution in [1.82, 2.24) is 15.1 Å². The minimum absolute atomic E-state index is 0.0704. The number of halogens is 3. The highest BCUT2D eigenvalue weighted by Gasteiger charge is 2.26. The Morgan fingerprint density at radius 2 is 2.18 bits per heavy atom. The minimum Gasteiger partial charge on any atom is -0.313 e. The number of nitrogens with zero attached hydrogens (tertiary/aromatic N) is 2. The number of hydrogen-bond acceptors (Lipinski definition) is 2. The third-order valence-corrected chi connectivity index (χ3v) is 2.66. The fourth-order valence-electron chi connectivity index (χ4n) is 1.73. The van der Waals surface area contributed by atoms with E-state index < -0.39 is 12.6 Å². The largest absolute Gasteiger partial charge is 0.389 e. The summed E-state index contributed by atoms with van der Waals surface area (Å²) in [5.74, 6) is 0. The van der Waals surface area contributed by atoms with Crippen molar-refractivity contribution in [3.63, 3.8) is 0 Å². The van der Waals surface area contributed by atoms with Gasteiger partial charge in [0.05, 0.1) is 6.20 Å². The summed E-state index contributed by atoms with van der Waals surface area (Å²) in [7, 11) is 1.86. The fourth-order valence-corrected chi connectivity index (χ4v) is 1.73. The molecule has 3 nitrogen and oxygen atoms in total. The second kappa shape index (κ2) is 6.05. The number of alkyl halides is 3. The van der Waals surface area contributed by atoms with Gasteiger partial charge in [-0.25, -0.2) is 0 Å². The number of hydrogen-bond donors (Lipinski definition) is 1. The first kappa shape index (κ1) is 14.0. The lowest BCUT2D eigenvalue weighted by atomic mass is 10.1. The molecule has 1 unspecified atom stereocenters. The molecule has 1 atom stereocenters. The van der Waals surface area contributed by atoms with Crippen LogP contribution in [0.1, 0.15) is 37.8 Å². The van der Waals surface area contributed by atoms with E-state index in [1.165, 1.54) is 0 Å². The van der Waals surface area contributed by atoms with Crippen LogP contribution >= 0.6 is 0 Å². The molecule has 6 heteroatoms. The molecule has 0 spiro atoms. The van der Waals surface area contributed by atoms with Crippen LogP contribution in [0.2, 0.25) is 0 Å². The lowest BCUT2D eigenvalue weighted by Gasteiger charge is -2.10. The van der Waals surface area contributed by atoms with E-state index in [9.17, 15) is 13.2 Å². The molecule has 0 radical (unpaired) electrons. The van der Waals surface area contributed by atoms with Gasteiger partial charge < -0.3 is 5.32 Å². The Hall–Kier alpha value is -1.04. The molecular formula is C11H18F3N3. The molecular weight excluding hydrogens is 231 g/mol. The van der Waals surface area contributed by atoms with Crippen LogP contribution in [0.4, 0.5) is 13.2 Å². The molecule has 0 fully saturated rings. The number of aryl methyl sites for hydroxylation is 1. The van der Waals surface area contributed by atoms with Gasteiger partial charge in [0, 0.05) is 30.8 Å². The average molecular weight is 249 g/mol. The summed E-state index contributed by atoms with van der Waals surface area (Å²) in [6.07, 6.45) is -0.330. The molecule has 1 rings (SSSR count). The molecule has 0 bridgehead atoms. The SMILES string of the molecule is CCC(NC)c1cnn(CCCC(F)(F)F)c1. The van der Waals surface area contributed by atoms with Crippen molar-refractivity contribution < 1.29 is 13.2 Å². The first-order valence-corrected chi connectivity index (χ1v) is 5.72. The van der Waals surface area contributed by atoms with Gasteiger partial charge in [-0.3, -0.25) is 4.68 Å². The van der Waals surface area contributed by atoms with Crippen LogP contribution in [0.5, 0.6) is 0 Å². The van der Waals surface area contributed by atoms with Crippen molar-refractivity contribution in [2.75, 3.05) is 7.05 Å². The van der Waals surface area contributed by atoms with E-state index in [0.29, 0.717) is 6.54 Å². The lowest BCUT2D eigenvalue weighted by molar-refractivity contribution is -0.136. The Bertz CT molecular complexity index is 329. The maximum absolute atomic E-state index is 12.0. The Balaban J connectivity index is 2.46. The molecule has 1 aromatic rings. The van der Waals surface area contributed by atoms with Crippen LogP contribution in [0.3, 0.4) is 0 Å².